The van der Waals surface area contributed by atoms with E-state index in [1.165, 1.54) is 6.20 Å². The molecule has 126 valence electrons. The molecule has 0 atom stereocenters. The number of rotatable bonds is 6. The minimum absolute atomic E-state index is 0.130. The predicted molar refractivity (Wildman–Crippen MR) is 79.8 cm³/mol. The van der Waals surface area contributed by atoms with Crippen LogP contribution in [0.1, 0.15) is 27.1 Å². The summed E-state index contributed by atoms with van der Waals surface area (Å²) in [4.78, 5) is 27.2. The fraction of sp³-hybridized carbons (Fsp3) is 0.188. The van der Waals surface area contributed by atoms with Crippen LogP contribution in [0.4, 0.5) is 13.2 Å². The quantitative estimate of drug-likeness (QED) is 0.626. The maximum absolute atomic E-state index is 13.4. The van der Waals surface area contributed by atoms with Gasteiger partial charge in [0.15, 0.2) is 17.5 Å². The van der Waals surface area contributed by atoms with Crippen LogP contribution in [-0.4, -0.2) is 29.9 Å². The molecule has 2 aromatic rings. The van der Waals surface area contributed by atoms with E-state index in [2.05, 4.69) is 15.6 Å². The van der Waals surface area contributed by atoms with Crippen molar-refractivity contribution in [2.75, 3.05) is 13.1 Å². The first-order chi connectivity index (χ1) is 11.5. The highest BCUT2D eigenvalue weighted by Gasteiger charge is 2.18. The van der Waals surface area contributed by atoms with E-state index in [-0.39, 0.29) is 19.0 Å². The van der Waals surface area contributed by atoms with Crippen LogP contribution in [0.15, 0.2) is 36.7 Å². The fourth-order valence-electron chi connectivity index (χ4n) is 1.89. The molecule has 2 rings (SSSR count). The van der Waals surface area contributed by atoms with Crippen LogP contribution in [0.25, 0.3) is 0 Å². The molecule has 1 aromatic heterocycles. The normalized spacial score (nSPS) is 10.3. The van der Waals surface area contributed by atoms with Crippen LogP contribution < -0.4 is 10.6 Å². The minimum atomic E-state index is -1.69. The number of nitrogens with one attached hydrogen (secondary N) is 2. The number of aromatic nitrogens is 1. The maximum atomic E-state index is 13.4. The maximum Gasteiger partial charge on any atom is 0.254 e. The van der Waals surface area contributed by atoms with Gasteiger partial charge < -0.3 is 10.6 Å². The number of amides is 2. The Morgan fingerprint density at radius 1 is 0.958 bits per heavy atom. The summed E-state index contributed by atoms with van der Waals surface area (Å²) in [5, 5.41) is 4.99. The molecule has 5 nitrogen and oxygen atoms in total. The largest absolute Gasteiger partial charge is 0.352 e. The molecule has 0 spiro atoms. The van der Waals surface area contributed by atoms with Crippen molar-refractivity contribution in [1.82, 2.24) is 15.6 Å². The minimum Gasteiger partial charge on any atom is -0.352 e. The summed E-state index contributed by atoms with van der Waals surface area (Å²) in [6, 6.07) is 4.79. The SMILES string of the molecule is O=C(NCCCNC(=O)c1ccc(F)c(F)c1F)c1cccnc1. The molecule has 24 heavy (non-hydrogen) atoms. The van der Waals surface area contributed by atoms with Gasteiger partial charge in [0, 0.05) is 25.5 Å². The molecule has 2 amide bonds. The highest BCUT2D eigenvalue weighted by molar-refractivity contribution is 5.94. The number of pyridine rings is 1. The van der Waals surface area contributed by atoms with Crippen LogP contribution >= 0.6 is 0 Å². The summed E-state index contributed by atoms with van der Waals surface area (Å²) in [6.07, 6.45) is 3.34. The Labute approximate surface area is 135 Å². The lowest BCUT2D eigenvalue weighted by Gasteiger charge is -2.08. The summed E-state index contributed by atoms with van der Waals surface area (Å²) >= 11 is 0. The van der Waals surface area contributed by atoms with Crippen molar-refractivity contribution in [3.63, 3.8) is 0 Å². The molecule has 1 aromatic carbocycles. The average Bonchev–Trinajstić information content (AvgIpc) is 2.60. The van der Waals surface area contributed by atoms with Crippen molar-refractivity contribution >= 4 is 11.8 Å². The third kappa shape index (κ3) is 4.31. The van der Waals surface area contributed by atoms with E-state index in [9.17, 15) is 22.8 Å². The van der Waals surface area contributed by atoms with E-state index in [0.717, 1.165) is 6.07 Å². The lowest BCUT2D eigenvalue weighted by molar-refractivity contribution is 0.0947. The van der Waals surface area contributed by atoms with Crippen LogP contribution in [0.2, 0.25) is 0 Å². The smallest absolute Gasteiger partial charge is 0.254 e. The zero-order valence-corrected chi connectivity index (χ0v) is 12.5. The van der Waals surface area contributed by atoms with Gasteiger partial charge in [-0.05, 0) is 30.7 Å². The van der Waals surface area contributed by atoms with E-state index >= 15 is 0 Å². The van der Waals surface area contributed by atoms with E-state index < -0.39 is 28.9 Å². The Morgan fingerprint density at radius 3 is 2.33 bits per heavy atom. The van der Waals surface area contributed by atoms with Crippen molar-refractivity contribution in [2.45, 2.75) is 6.42 Å². The van der Waals surface area contributed by atoms with Crippen molar-refractivity contribution < 1.29 is 22.8 Å². The Hall–Kier alpha value is -2.90. The third-order valence-corrected chi connectivity index (χ3v) is 3.13. The number of nitrogens with zero attached hydrogens (tertiary/aromatic N) is 1. The van der Waals surface area contributed by atoms with Gasteiger partial charge in [-0.2, -0.15) is 0 Å². The molecule has 0 aliphatic rings. The topological polar surface area (TPSA) is 71.1 Å². The van der Waals surface area contributed by atoms with Crippen molar-refractivity contribution in [1.29, 1.82) is 0 Å². The van der Waals surface area contributed by atoms with Gasteiger partial charge in [0.05, 0.1) is 11.1 Å². The third-order valence-electron chi connectivity index (χ3n) is 3.13. The lowest BCUT2D eigenvalue weighted by Crippen LogP contribution is -2.30. The molecule has 0 radical (unpaired) electrons. The zero-order chi connectivity index (χ0) is 17.5. The standard InChI is InChI=1S/C16H14F3N3O2/c17-12-5-4-11(13(18)14(12)19)16(24)22-8-2-7-21-15(23)10-3-1-6-20-9-10/h1,3-6,9H,2,7-8H2,(H,21,23)(H,22,24). The van der Waals surface area contributed by atoms with Gasteiger partial charge >= 0.3 is 0 Å². The number of benzene rings is 1. The molecule has 0 unspecified atom stereocenters. The van der Waals surface area contributed by atoms with Gasteiger partial charge in [-0.3, -0.25) is 14.6 Å². The highest BCUT2D eigenvalue weighted by Crippen LogP contribution is 2.14. The second-order valence-corrected chi connectivity index (χ2v) is 4.83. The summed E-state index contributed by atoms with van der Waals surface area (Å²) < 4.78 is 39.3. The molecule has 2 N–H and O–H groups in total. The molecule has 0 saturated heterocycles. The van der Waals surface area contributed by atoms with Gasteiger partial charge in [0.25, 0.3) is 11.8 Å². The predicted octanol–water partition coefficient (Wildman–Crippen LogP) is 2.05. The van der Waals surface area contributed by atoms with Gasteiger partial charge in [-0.25, -0.2) is 13.2 Å². The molecule has 0 aliphatic heterocycles. The molecular weight excluding hydrogens is 323 g/mol. The van der Waals surface area contributed by atoms with E-state index in [1.807, 2.05) is 0 Å². The Bertz CT molecular complexity index is 739. The first-order valence-corrected chi connectivity index (χ1v) is 7.10. The van der Waals surface area contributed by atoms with Gasteiger partial charge in [0.2, 0.25) is 0 Å². The van der Waals surface area contributed by atoms with Crippen molar-refractivity contribution in [3.8, 4) is 0 Å². The lowest BCUT2D eigenvalue weighted by atomic mass is 10.2. The molecule has 1 heterocycles. The van der Waals surface area contributed by atoms with E-state index in [1.54, 1.807) is 18.3 Å². The number of hydrogen-bond acceptors (Lipinski definition) is 3. The summed E-state index contributed by atoms with van der Waals surface area (Å²) in [5.74, 6) is -5.74. The summed E-state index contributed by atoms with van der Waals surface area (Å²) in [6.45, 7) is 0.402. The molecule has 0 saturated carbocycles. The van der Waals surface area contributed by atoms with Crippen molar-refractivity contribution in [2.24, 2.45) is 0 Å². The molecular formula is C16H14F3N3O2. The Kier molecular flexibility index (Phi) is 5.89. The second kappa shape index (κ2) is 8.09. The van der Waals surface area contributed by atoms with Crippen molar-refractivity contribution in [3.05, 3.63) is 65.2 Å². The fourth-order valence-corrected chi connectivity index (χ4v) is 1.89. The number of halogens is 3. The van der Waals surface area contributed by atoms with Gasteiger partial charge in [0.1, 0.15) is 0 Å². The van der Waals surface area contributed by atoms with Gasteiger partial charge in [-0.1, -0.05) is 0 Å². The molecule has 8 heteroatoms. The van der Waals surface area contributed by atoms with E-state index in [0.29, 0.717) is 18.1 Å². The molecule has 0 fully saturated rings. The van der Waals surface area contributed by atoms with Crippen LogP contribution in [0.5, 0.6) is 0 Å². The number of carbonyl (C=O) groups excluding carboxylic acids is 2. The Morgan fingerprint density at radius 2 is 1.67 bits per heavy atom. The summed E-state index contributed by atoms with van der Waals surface area (Å²) in [5.41, 5.74) is -0.168. The van der Waals surface area contributed by atoms with Crippen LogP contribution in [0.3, 0.4) is 0 Å². The highest BCUT2D eigenvalue weighted by atomic mass is 19.2. The van der Waals surface area contributed by atoms with Crippen LogP contribution in [-0.2, 0) is 0 Å². The first kappa shape index (κ1) is 17.5. The first-order valence-electron chi connectivity index (χ1n) is 7.10. The molecule has 0 aliphatic carbocycles. The number of hydrogen-bond donors (Lipinski definition) is 2. The van der Waals surface area contributed by atoms with Gasteiger partial charge in [-0.15, -0.1) is 0 Å². The molecule has 0 bridgehead atoms. The second-order valence-electron chi connectivity index (χ2n) is 4.83. The van der Waals surface area contributed by atoms with E-state index in [4.69, 9.17) is 0 Å². The van der Waals surface area contributed by atoms with Crippen LogP contribution in [0, 0.1) is 17.5 Å². The Balaban J connectivity index is 1.76. The average molecular weight is 337 g/mol. The summed E-state index contributed by atoms with van der Waals surface area (Å²) in [7, 11) is 0. The number of carbonyl (C=O) groups is 2. The monoisotopic (exact) mass is 337 g/mol. The zero-order valence-electron chi connectivity index (χ0n) is 12.5.